The molecule has 0 fully saturated rings. The molecule has 7 heteroatoms. The van der Waals surface area contributed by atoms with Crippen molar-refractivity contribution in [3.8, 4) is 11.5 Å². The van der Waals surface area contributed by atoms with Crippen molar-refractivity contribution in [3.05, 3.63) is 57.9 Å². The van der Waals surface area contributed by atoms with E-state index < -0.39 is 0 Å². The predicted molar refractivity (Wildman–Crippen MR) is 137 cm³/mol. The number of anilines is 1. The van der Waals surface area contributed by atoms with Gasteiger partial charge in [0.1, 0.15) is 28.0 Å². The maximum Gasteiger partial charge on any atom is 0.259 e. The normalized spacial score (nSPS) is 15.9. The van der Waals surface area contributed by atoms with Gasteiger partial charge in [0.25, 0.3) is 5.91 Å². The van der Waals surface area contributed by atoms with Gasteiger partial charge in [-0.15, -0.1) is 11.3 Å². The fourth-order valence-corrected chi connectivity index (χ4v) is 5.65. The van der Waals surface area contributed by atoms with Crippen molar-refractivity contribution in [1.82, 2.24) is 0 Å². The summed E-state index contributed by atoms with van der Waals surface area (Å²) >= 11 is 1.61. The Kier molecular flexibility index (Phi) is 6.84. The molecule has 3 aromatic rings. The van der Waals surface area contributed by atoms with E-state index in [1.54, 1.807) is 50.0 Å². The summed E-state index contributed by atoms with van der Waals surface area (Å²) in [5.74, 6) is 3.07. The molecule has 1 aromatic carbocycles. The number of hydrogen-bond acceptors (Lipinski definition) is 6. The van der Waals surface area contributed by atoms with E-state index in [-0.39, 0.29) is 11.3 Å². The van der Waals surface area contributed by atoms with Gasteiger partial charge in [0.2, 0.25) is 0 Å². The number of ether oxygens (including phenoxy) is 2. The molecule has 34 heavy (non-hydrogen) atoms. The number of furan rings is 1. The second-order valence-electron chi connectivity index (χ2n) is 9.72. The van der Waals surface area contributed by atoms with E-state index >= 15 is 0 Å². The number of aryl methyl sites for hydroxylation is 1. The largest absolute Gasteiger partial charge is 0.497 e. The first kappa shape index (κ1) is 24.1. The van der Waals surface area contributed by atoms with Gasteiger partial charge in [-0.2, -0.15) is 0 Å². The molecule has 0 aliphatic heterocycles. The smallest absolute Gasteiger partial charge is 0.259 e. The van der Waals surface area contributed by atoms with Crippen LogP contribution in [0.3, 0.4) is 0 Å². The van der Waals surface area contributed by atoms with Crippen LogP contribution in [-0.2, 0) is 12.8 Å². The van der Waals surface area contributed by atoms with Gasteiger partial charge in [0, 0.05) is 10.9 Å². The third-order valence-corrected chi connectivity index (χ3v) is 7.59. The van der Waals surface area contributed by atoms with Crippen molar-refractivity contribution in [2.75, 3.05) is 19.5 Å². The molecule has 0 radical (unpaired) electrons. The zero-order chi connectivity index (χ0) is 24.5. The van der Waals surface area contributed by atoms with Crippen LogP contribution < -0.4 is 14.8 Å². The summed E-state index contributed by atoms with van der Waals surface area (Å²) in [6.07, 6.45) is 4.56. The zero-order valence-electron chi connectivity index (χ0n) is 20.7. The second kappa shape index (κ2) is 9.66. The van der Waals surface area contributed by atoms with Gasteiger partial charge in [-0.25, -0.2) is 4.99 Å². The Hall–Kier alpha value is -3.06. The van der Waals surface area contributed by atoms with Crippen molar-refractivity contribution in [1.29, 1.82) is 0 Å². The minimum atomic E-state index is -0.193. The van der Waals surface area contributed by atoms with E-state index in [9.17, 15) is 4.79 Å². The zero-order valence-corrected chi connectivity index (χ0v) is 21.5. The predicted octanol–water partition coefficient (Wildman–Crippen LogP) is 6.82. The highest BCUT2D eigenvalue weighted by atomic mass is 32.1. The van der Waals surface area contributed by atoms with E-state index in [1.807, 2.05) is 19.1 Å². The number of hydrogen-bond donors (Lipinski definition) is 1. The lowest BCUT2D eigenvalue weighted by Crippen LogP contribution is -2.27. The second-order valence-corrected chi connectivity index (χ2v) is 10.8. The number of carbonyl (C=O) groups is 1. The van der Waals surface area contributed by atoms with E-state index in [1.165, 1.54) is 4.88 Å². The van der Waals surface area contributed by atoms with Crippen molar-refractivity contribution in [2.24, 2.45) is 16.3 Å². The number of amides is 1. The number of nitrogens with one attached hydrogen (secondary N) is 1. The number of methoxy groups -OCH3 is 2. The highest BCUT2D eigenvalue weighted by Gasteiger charge is 2.34. The lowest BCUT2D eigenvalue weighted by Gasteiger charge is -2.33. The molecular weight excluding hydrogens is 448 g/mol. The van der Waals surface area contributed by atoms with E-state index in [0.29, 0.717) is 39.4 Å². The van der Waals surface area contributed by atoms with Gasteiger partial charge in [0.05, 0.1) is 31.7 Å². The Labute approximate surface area is 205 Å². The number of aliphatic imine (C=N–C) groups is 1. The molecule has 0 spiro atoms. The number of fused-ring (bicyclic) bond motifs is 1. The summed E-state index contributed by atoms with van der Waals surface area (Å²) < 4.78 is 16.4. The van der Waals surface area contributed by atoms with Gasteiger partial charge < -0.3 is 19.2 Å². The fraction of sp³-hybridized carbons (Fsp3) is 0.407. The quantitative estimate of drug-likeness (QED) is 0.393. The molecule has 2 aromatic heterocycles. The van der Waals surface area contributed by atoms with Crippen LogP contribution in [0.25, 0.3) is 0 Å². The van der Waals surface area contributed by atoms with Crippen molar-refractivity contribution < 1.29 is 18.7 Å². The molecule has 1 N–H and O–H groups in total. The van der Waals surface area contributed by atoms with Crippen LogP contribution in [-0.4, -0.2) is 26.3 Å². The molecule has 1 aliphatic carbocycles. The summed E-state index contributed by atoms with van der Waals surface area (Å²) in [5.41, 5.74) is 2.52. The molecule has 1 amide bonds. The molecule has 180 valence electrons. The third-order valence-electron chi connectivity index (χ3n) is 6.42. The van der Waals surface area contributed by atoms with Gasteiger partial charge in [-0.3, -0.25) is 4.79 Å². The minimum absolute atomic E-state index is 0.193. The van der Waals surface area contributed by atoms with E-state index in [2.05, 4.69) is 26.1 Å². The highest BCUT2D eigenvalue weighted by molar-refractivity contribution is 7.16. The molecule has 6 nitrogen and oxygen atoms in total. The molecule has 1 aliphatic rings. The van der Waals surface area contributed by atoms with Crippen LogP contribution in [0.4, 0.5) is 10.7 Å². The first-order valence-electron chi connectivity index (χ1n) is 11.5. The van der Waals surface area contributed by atoms with Crippen molar-refractivity contribution in [3.63, 3.8) is 0 Å². The Bertz CT molecular complexity index is 1220. The maximum atomic E-state index is 13.6. The Morgan fingerprint density at radius 2 is 2.00 bits per heavy atom. The molecule has 4 rings (SSSR count). The molecule has 0 saturated carbocycles. The van der Waals surface area contributed by atoms with Crippen molar-refractivity contribution >= 4 is 34.1 Å². The Morgan fingerprint density at radius 1 is 1.21 bits per heavy atom. The first-order valence-corrected chi connectivity index (χ1v) is 12.3. The van der Waals surface area contributed by atoms with Crippen LogP contribution in [0.5, 0.6) is 11.5 Å². The summed E-state index contributed by atoms with van der Waals surface area (Å²) in [4.78, 5) is 19.6. The molecule has 0 bridgehead atoms. The first-order chi connectivity index (χ1) is 16.2. The number of nitrogens with zero attached hydrogens (tertiary/aromatic N) is 1. The van der Waals surface area contributed by atoms with Crippen LogP contribution in [0, 0.1) is 18.3 Å². The van der Waals surface area contributed by atoms with Crippen LogP contribution >= 0.6 is 11.3 Å². The number of carbonyl (C=O) groups excluding carboxylic acids is 1. The lowest BCUT2D eigenvalue weighted by atomic mass is 9.72. The number of thiophene rings is 1. The van der Waals surface area contributed by atoms with Crippen LogP contribution in [0.15, 0.2) is 39.7 Å². The van der Waals surface area contributed by atoms with Crippen LogP contribution in [0.1, 0.15) is 59.5 Å². The van der Waals surface area contributed by atoms with Crippen molar-refractivity contribution in [2.45, 2.75) is 47.0 Å². The minimum Gasteiger partial charge on any atom is -0.497 e. The number of benzene rings is 1. The fourth-order valence-electron chi connectivity index (χ4n) is 4.38. The molecule has 2 heterocycles. The highest BCUT2D eigenvalue weighted by Crippen LogP contribution is 2.45. The summed E-state index contributed by atoms with van der Waals surface area (Å²) in [6, 6.07) is 9.12. The maximum absolute atomic E-state index is 13.6. The van der Waals surface area contributed by atoms with Gasteiger partial charge in [-0.05, 0) is 67.3 Å². The Morgan fingerprint density at radius 3 is 2.65 bits per heavy atom. The van der Waals surface area contributed by atoms with Gasteiger partial charge >= 0.3 is 0 Å². The van der Waals surface area contributed by atoms with E-state index in [4.69, 9.17) is 18.9 Å². The van der Waals surface area contributed by atoms with E-state index in [0.717, 1.165) is 30.6 Å². The molecular formula is C27H32N2O4S. The topological polar surface area (TPSA) is 73.1 Å². The lowest BCUT2D eigenvalue weighted by molar-refractivity contribution is 0.102. The molecule has 1 unspecified atom stereocenters. The van der Waals surface area contributed by atoms with Crippen LogP contribution in [0.2, 0.25) is 0 Å². The Balaban J connectivity index is 1.72. The average molecular weight is 481 g/mol. The summed E-state index contributed by atoms with van der Waals surface area (Å²) in [7, 11) is 3.18. The summed E-state index contributed by atoms with van der Waals surface area (Å²) in [6.45, 7) is 8.76. The SMILES string of the molecule is COc1ccc(OC)c(NC(=O)c2c(/N=C\c3ccc(C)o3)sc3c2CCC(C(C)(C)C)C3)c1. The third kappa shape index (κ3) is 5.04. The standard InChI is InChI=1S/C27H32N2O4S/c1-16-7-9-19(33-16)15-28-26-24(20-11-8-17(27(2,3)4)13-23(20)34-26)25(30)29-21-14-18(31-5)10-12-22(21)32-6/h7,9-10,12,14-15,17H,8,11,13H2,1-6H3,(H,29,30)/b28-15-. The summed E-state index contributed by atoms with van der Waals surface area (Å²) in [5, 5.41) is 3.74. The number of rotatable bonds is 6. The van der Waals surface area contributed by atoms with Gasteiger partial charge in [0.15, 0.2) is 0 Å². The monoisotopic (exact) mass is 480 g/mol. The average Bonchev–Trinajstić information content (AvgIpc) is 3.39. The molecule has 1 atom stereocenters. The van der Waals surface area contributed by atoms with Gasteiger partial charge in [-0.1, -0.05) is 20.8 Å². The molecule has 0 saturated heterocycles.